The van der Waals surface area contributed by atoms with Crippen LogP contribution in [0.25, 0.3) is 0 Å². The summed E-state index contributed by atoms with van der Waals surface area (Å²) in [5.41, 5.74) is 0.934. The molecule has 0 spiro atoms. The number of benzene rings is 1. The normalized spacial score (nSPS) is 19.6. The summed E-state index contributed by atoms with van der Waals surface area (Å²) in [6, 6.07) is 9.72. The van der Waals surface area contributed by atoms with E-state index in [1.807, 2.05) is 37.3 Å². The Hall–Kier alpha value is -1.68. The fraction of sp³-hybridized carbons (Fsp3) is 0.500. The highest BCUT2D eigenvalue weighted by Crippen LogP contribution is 2.17. The topological polar surface area (TPSA) is 40.6 Å². The molecule has 1 aliphatic heterocycles. The zero-order valence-electron chi connectivity index (χ0n) is 12.0. The molecule has 0 aliphatic carbocycles. The van der Waals surface area contributed by atoms with Gasteiger partial charge < -0.3 is 9.69 Å². The quantitative estimate of drug-likeness (QED) is 0.771. The highest BCUT2D eigenvalue weighted by Gasteiger charge is 2.23. The minimum atomic E-state index is 0.0864. The number of aldehydes is 1. The Labute approximate surface area is 120 Å². The van der Waals surface area contributed by atoms with Crippen molar-refractivity contribution in [1.29, 1.82) is 0 Å². The SMILES string of the molecule is CCN(C(=O)CN1CCCC(C=O)C1)c1ccccc1. The molecule has 1 amide bonds. The van der Waals surface area contributed by atoms with Crippen LogP contribution in [-0.4, -0.2) is 43.3 Å². The van der Waals surface area contributed by atoms with Crippen LogP contribution in [0, 0.1) is 5.92 Å². The van der Waals surface area contributed by atoms with E-state index in [1.54, 1.807) is 4.90 Å². The molecule has 0 N–H and O–H groups in total. The molecule has 4 nitrogen and oxygen atoms in total. The molecule has 0 bridgehead atoms. The monoisotopic (exact) mass is 274 g/mol. The molecule has 2 rings (SSSR count). The lowest BCUT2D eigenvalue weighted by Gasteiger charge is -2.31. The number of amides is 1. The molecule has 1 heterocycles. The van der Waals surface area contributed by atoms with Gasteiger partial charge in [-0.2, -0.15) is 0 Å². The van der Waals surface area contributed by atoms with Crippen molar-refractivity contribution in [3.8, 4) is 0 Å². The van der Waals surface area contributed by atoms with Gasteiger partial charge in [-0.1, -0.05) is 18.2 Å². The number of piperidine rings is 1. The maximum absolute atomic E-state index is 12.4. The Balaban J connectivity index is 1.97. The van der Waals surface area contributed by atoms with Crippen molar-refractivity contribution in [3.05, 3.63) is 30.3 Å². The molecule has 0 saturated carbocycles. The predicted octanol–water partition coefficient (Wildman–Crippen LogP) is 1.95. The molecular weight excluding hydrogens is 252 g/mol. The smallest absolute Gasteiger partial charge is 0.241 e. The van der Waals surface area contributed by atoms with E-state index < -0.39 is 0 Å². The Morgan fingerprint density at radius 2 is 2.15 bits per heavy atom. The number of carbonyl (C=O) groups is 2. The first-order valence-electron chi connectivity index (χ1n) is 7.27. The van der Waals surface area contributed by atoms with E-state index in [1.165, 1.54) is 0 Å². The standard InChI is InChI=1S/C16H22N2O2/c1-2-18(15-8-4-3-5-9-15)16(20)12-17-10-6-7-14(11-17)13-19/h3-5,8-9,13-14H,2,6-7,10-12H2,1H3. The zero-order chi connectivity index (χ0) is 14.4. The van der Waals surface area contributed by atoms with E-state index in [2.05, 4.69) is 4.90 Å². The van der Waals surface area contributed by atoms with Crippen molar-refractivity contribution in [2.45, 2.75) is 19.8 Å². The van der Waals surface area contributed by atoms with Gasteiger partial charge in [0, 0.05) is 24.7 Å². The van der Waals surface area contributed by atoms with Crippen LogP contribution in [0.3, 0.4) is 0 Å². The van der Waals surface area contributed by atoms with Crippen molar-refractivity contribution in [3.63, 3.8) is 0 Å². The molecule has 1 unspecified atom stereocenters. The second-order valence-corrected chi connectivity index (χ2v) is 5.25. The van der Waals surface area contributed by atoms with Gasteiger partial charge in [0.05, 0.1) is 6.54 Å². The molecule has 1 saturated heterocycles. The van der Waals surface area contributed by atoms with Gasteiger partial charge in [0.1, 0.15) is 6.29 Å². The number of anilines is 1. The molecule has 20 heavy (non-hydrogen) atoms. The predicted molar refractivity (Wildman–Crippen MR) is 79.7 cm³/mol. The van der Waals surface area contributed by atoms with Gasteiger partial charge >= 0.3 is 0 Å². The molecule has 4 heteroatoms. The van der Waals surface area contributed by atoms with Crippen LogP contribution >= 0.6 is 0 Å². The highest BCUT2D eigenvalue weighted by atomic mass is 16.2. The minimum Gasteiger partial charge on any atom is -0.312 e. The molecule has 1 aliphatic rings. The second-order valence-electron chi connectivity index (χ2n) is 5.25. The van der Waals surface area contributed by atoms with Crippen LogP contribution in [0.1, 0.15) is 19.8 Å². The van der Waals surface area contributed by atoms with Crippen LogP contribution in [0.4, 0.5) is 5.69 Å². The van der Waals surface area contributed by atoms with Crippen LogP contribution in [0.2, 0.25) is 0 Å². The van der Waals surface area contributed by atoms with E-state index in [-0.39, 0.29) is 11.8 Å². The second kappa shape index (κ2) is 7.20. The summed E-state index contributed by atoms with van der Waals surface area (Å²) in [5, 5.41) is 0. The fourth-order valence-corrected chi connectivity index (χ4v) is 2.73. The number of likely N-dealkylation sites (tertiary alicyclic amines) is 1. The maximum Gasteiger partial charge on any atom is 0.241 e. The average Bonchev–Trinajstić information content (AvgIpc) is 2.49. The number of nitrogens with zero attached hydrogens (tertiary/aromatic N) is 2. The van der Waals surface area contributed by atoms with Crippen LogP contribution in [0.15, 0.2) is 30.3 Å². The van der Waals surface area contributed by atoms with Crippen LogP contribution < -0.4 is 4.90 Å². The summed E-state index contributed by atoms with van der Waals surface area (Å²) < 4.78 is 0. The molecular formula is C16H22N2O2. The summed E-state index contributed by atoms with van der Waals surface area (Å²) in [4.78, 5) is 27.2. The number of likely N-dealkylation sites (N-methyl/N-ethyl adjacent to an activating group) is 1. The lowest BCUT2D eigenvalue weighted by atomic mass is 10.00. The zero-order valence-corrected chi connectivity index (χ0v) is 12.0. The molecule has 1 fully saturated rings. The van der Waals surface area contributed by atoms with Crippen LogP contribution in [-0.2, 0) is 9.59 Å². The van der Waals surface area contributed by atoms with Crippen molar-refractivity contribution in [2.24, 2.45) is 5.92 Å². The van der Waals surface area contributed by atoms with E-state index in [4.69, 9.17) is 0 Å². The van der Waals surface area contributed by atoms with Crippen molar-refractivity contribution in [2.75, 3.05) is 31.1 Å². The number of hydrogen-bond acceptors (Lipinski definition) is 3. The van der Waals surface area contributed by atoms with Gasteiger partial charge in [-0.25, -0.2) is 0 Å². The Kier molecular flexibility index (Phi) is 5.30. The first-order valence-corrected chi connectivity index (χ1v) is 7.27. The molecule has 0 radical (unpaired) electrons. The Bertz CT molecular complexity index is 447. The summed E-state index contributed by atoms with van der Waals surface area (Å²) in [5.74, 6) is 0.189. The number of rotatable bonds is 5. The van der Waals surface area contributed by atoms with E-state index in [0.29, 0.717) is 19.6 Å². The number of hydrogen-bond donors (Lipinski definition) is 0. The number of para-hydroxylation sites is 1. The van der Waals surface area contributed by atoms with Crippen molar-refractivity contribution < 1.29 is 9.59 Å². The van der Waals surface area contributed by atoms with Gasteiger partial charge in [-0.15, -0.1) is 0 Å². The largest absolute Gasteiger partial charge is 0.312 e. The lowest BCUT2D eigenvalue weighted by Crippen LogP contribution is -2.44. The summed E-state index contributed by atoms with van der Waals surface area (Å²) in [6.45, 7) is 4.65. The highest BCUT2D eigenvalue weighted by molar-refractivity contribution is 5.94. The average molecular weight is 274 g/mol. The molecule has 0 aromatic heterocycles. The first kappa shape index (κ1) is 14.7. The molecule has 1 aromatic carbocycles. The van der Waals surface area contributed by atoms with E-state index in [0.717, 1.165) is 31.4 Å². The van der Waals surface area contributed by atoms with Gasteiger partial charge in [0.2, 0.25) is 5.91 Å². The van der Waals surface area contributed by atoms with Gasteiger partial charge in [-0.3, -0.25) is 9.69 Å². The minimum absolute atomic E-state index is 0.0864. The third kappa shape index (κ3) is 3.67. The van der Waals surface area contributed by atoms with E-state index >= 15 is 0 Å². The fourth-order valence-electron chi connectivity index (χ4n) is 2.73. The van der Waals surface area contributed by atoms with Gasteiger partial charge in [0.25, 0.3) is 0 Å². The first-order chi connectivity index (χ1) is 9.74. The molecule has 108 valence electrons. The van der Waals surface area contributed by atoms with Crippen molar-refractivity contribution >= 4 is 17.9 Å². The maximum atomic E-state index is 12.4. The van der Waals surface area contributed by atoms with E-state index in [9.17, 15) is 9.59 Å². The Morgan fingerprint density at radius 1 is 1.40 bits per heavy atom. The van der Waals surface area contributed by atoms with Crippen molar-refractivity contribution in [1.82, 2.24) is 4.90 Å². The summed E-state index contributed by atoms with van der Waals surface area (Å²) in [7, 11) is 0. The lowest BCUT2D eigenvalue weighted by molar-refractivity contribution is -0.121. The Morgan fingerprint density at radius 3 is 2.80 bits per heavy atom. The number of carbonyl (C=O) groups excluding carboxylic acids is 2. The molecule has 1 aromatic rings. The third-order valence-electron chi connectivity index (χ3n) is 3.78. The third-order valence-corrected chi connectivity index (χ3v) is 3.78. The van der Waals surface area contributed by atoms with Gasteiger partial charge in [0.15, 0.2) is 0 Å². The van der Waals surface area contributed by atoms with Gasteiger partial charge in [-0.05, 0) is 38.4 Å². The van der Waals surface area contributed by atoms with Crippen LogP contribution in [0.5, 0.6) is 0 Å². The summed E-state index contributed by atoms with van der Waals surface area (Å²) >= 11 is 0. The molecule has 1 atom stereocenters. The summed E-state index contributed by atoms with van der Waals surface area (Å²) in [6.07, 6.45) is 2.96.